The van der Waals surface area contributed by atoms with Crippen LogP contribution in [-0.2, 0) is 14.3 Å². The zero-order valence-electron chi connectivity index (χ0n) is 49.6. The van der Waals surface area contributed by atoms with E-state index in [0.29, 0.717) is 25.9 Å². The van der Waals surface area contributed by atoms with Crippen LogP contribution in [0.4, 0.5) is 0 Å². The van der Waals surface area contributed by atoms with Crippen LogP contribution in [-0.4, -0.2) is 47.4 Å². The zero-order chi connectivity index (χ0) is 52.9. The van der Waals surface area contributed by atoms with Crippen LogP contribution in [0.5, 0.6) is 0 Å². The fourth-order valence-corrected chi connectivity index (χ4v) is 10.7. The monoisotopic (exact) mass is 1030 g/mol. The van der Waals surface area contributed by atoms with Crippen molar-refractivity contribution in [1.82, 2.24) is 5.32 Å². The first-order valence-corrected chi connectivity index (χ1v) is 33.4. The van der Waals surface area contributed by atoms with E-state index in [9.17, 15) is 19.8 Å². The molecular formula is C67H131NO5. The second-order valence-electron chi connectivity index (χ2n) is 23.2. The summed E-state index contributed by atoms with van der Waals surface area (Å²) < 4.78 is 5.49. The average Bonchev–Trinajstić information content (AvgIpc) is 3.39. The summed E-state index contributed by atoms with van der Waals surface area (Å²) in [6.07, 6.45) is 76.6. The number of allylic oxidation sites excluding steroid dienone is 2. The predicted molar refractivity (Wildman–Crippen MR) is 320 cm³/mol. The fourth-order valence-electron chi connectivity index (χ4n) is 10.7. The van der Waals surface area contributed by atoms with Crippen molar-refractivity contribution < 1.29 is 24.5 Å². The van der Waals surface area contributed by atoms with Crippen molar-refractivity contribution in [2.45, 2.75) is 392 Å². The Balaban J connectivity index is 3.41. The molecule has 0 rings (SSSR count). The maximum atomic E-state index is 12.5. The lowest BCUT2D eigenvalue weighted by atomic mass is 10.0. The van der Waals surface area contributed by atoms with Crippen molar-refractivity contribution in [2.75, 3.05) is 13.2 Å². The number of unbranched alkanes of at least 4 members (excludes halogenated alkanes) is 50. The lowest BCUT2D eigenvalue weighted by Crippen LogP contribution is -2.45. The molecule has 6 nitrogen and oxygen atoms in total. The molecule has 0 saturated carbocycles. The highest BCUT2D eigenvalue weighted by Crippen LogP contribution is 2.19. The van der Waals surface area contributed by atoms with E-state index in [2.05, 4.69) is 31.3 Å². The molecule has 0 aliphatic heterocycles. The first kappa shape index (κ1) is 71.6. The summed E-state index contributed by atoms with van der Waals surface area (Å²) in [6, 6.07) is -0.548. The minimum absolute atomic E-state index is 0.0108. The molecule has 0 aliphatic rings. The zero-order valence-corrected chi connectivity index (χ0v) is 49.6. The average molecular weight is 1030 g/mol. The van der Waals surface area contributed by atoms with E-state index in [1.165, 1.54) is 308 Å². The number of ether oxygens (including phenoxy) is 1. The molecule has 6 heteroatoms. The Hall–Kier alpha value is -1.40. The van der Waals surface area contributed by atoms with E-state index >= 15 is 0 Å². The standard InChI is InChI=1S/C67H131NO5/c1-3-5-7-9-11-13-15-17-19-21-22-25-28-31-35-39-43-47-51-55-59-65(70)64(63-69)68-66(71)60-56-52-48-44-40-36-32-29-26-23-24-27-30-34-38-42-46-50-54-58-62-73-67(72)61-57-53-49-45-41-37-33-20-18-16-14-12-10-8-6-4-2/h23,26,64-65,69-70H,3-22,24-25,27-63H2,1-2H3,(H,68,71)/b26-23-. The minimum atomic E-state index is -0.670. The van der Waals surface area contributed by atoms with Gasteiger partial charge in [0.1, 0.15) is 0 Å². The molecule has 0 bridgehead atoms. The molecule has 1 amide bonds. The highest BCUT2D eigenvalue weighted by molar-refractivity contribution is 5.76. The minimum Gasteiger partial charge on any atom is -0.466 e. The van der Waals surface area contributed by atoms with Gasteiger partial charge in [0.15, 0.2) is 0 Å². The van der Waals surface area contributed by atoms with Gasteiger partial charge in [0.25, 0.3) is 0 Å². The number of hydrogen-bond donors (Lipinski definition) is 3. The van der Waals surface area contributed by atoms with Gasteiger partial charge in [0.2, 0.25) is 5.91 Å². The van der Waals surface area contributed by atoms with Crippen LogP contribution >= 0.6 is 0 Å². The van der Waals surface area contributed by atoms with E-state index in [-0.39, 0.29) is 18.5 Å². The molecule has 434 valence electrons. The highest BCUT2D eigenvalue weighted by atomic mass is 16.5. The number of aliphatic hydroxyl groups is 2. The number of esters is 1. The predicted octanol–water partition coefficient (Wildman–Crippen LogP) is 21.2. The van der Waals surface area contributed by atoms with Crippen molar-refractivity contribution in [1.29, 1.82) is 0 Å². The summed E-state index contributed by atoms with van der Waals surface area (Å²) >= 11 is 0. The quantitative estimate of drug-likeness (QED) is 0.0320. The molecule has 0 heterocycles. The Morgan fingerprint density at radius 2 is 0.644 bits per heavy atom. The molecule has 0 radical (unpaired) electrons. The van der Waals surface area contributed by atoms with Gasteiger partial charge in [-0.15, -0.1) is 0 Å². The highest BCUT2D eigenvalue weighted by Gasteiger charge is 2.20. The lowest BCUT2D eigenvalue weighted by Gasteiger charge is -2.22. The molecule has 0 aromatic rings. The van der Waals surface area contributed by atoms with Gasteiger partial charge in [0, 0.05) is 12.8 Å². The van der Waals surface area contributed by atoms with Crippen molar-refractivity contribution in [3.63, 3.8) is 0 Å². The van der Waals surface area contributed by atoms with Gasteiger partial charge in [-0.25, -0.2) is 0 Å². The van der Waals surface area contributed by atoms with Gasteiger partial charge >= 0.3 is 5.97 Å². The van der Waals surface area contributed by atoms with Crippen molar-refractivity contribution in [2.24, 2.45) is 0 Å². The first-order valence-electron chi connectivity index (χ1n) is 33.4. The SMILES string of the molecule is CCCCCCCCCCCCCCCCCCCCCCC(O)C(CO)NC(=O)CCCCCCCCC/C=C\CCCCCCCCCCCOC(=O)CCCCCCCCCCCCCCCCCC. The van der Waals surface area contributed by atoms with Gasteiger partial charge in [0.05, 0.1) is 25.4 Å². The smallest absolute Gasteiger partial charge is 0.305 e. The number of rotatable bonds is 63. The molecule has 0 saturated heterocycles. The summed E-state index contributed by atoms with van der Waals surface area (Å²) in [6.45, 7) is 4.98. The molecule has 2 atom stereocenters. The summed E-state index contributed by atoms with van der Waals surface area (Å²) in [5, 5.41) is 23.4. The lowest BCUT2D eigenvalue weighted by molar-refractivity contribution is -0.143. The molecule has 0 aromatic heterocycles. The van der Waals surface area contributed by atoms with Crippen LogP contribution in [0, 0.1) is 0 Å². The topological polar surface area (TPSA) is 95.9 Å². The number of aliphatic hydroxyl groups excluding tert-OH is 2. The second kappa shape index (κ2) is 63.1. The van der Waals surface area contributed by atoms with Crippen molar-refractivity contribution in [3.05, 3.63) is 12.2 Å². The van der Waals surface area contributed by atoms with Gasteiger partial charge in [-0.2, -0.15) is 0 Å². The number of hydrogen-bond acceptors (Lipinski definition) is 5. The fraction of sp³-hybridized carbons (Fsp3) is 0.940. The van der Waals surface area contributed by atoms with E-state index in [0.717, 1.165) is 38.5 Å². The van der Waals surface area contributed by atoms with Crippen molar-refractivity contribution >= 4 is 11.9 Å². The molecule has 2 unspecified atom stereocenters. The molecule has 73 heavy (non-hydrogen) atoms. The molecular weight excluding hydrogens is 899 g/mol. The van der Waals surface area contributed by atoms with Crippen LogP contribution in [0.3, 0.4) is 0 Å². The first-order chi connectivity index (χ1) is 36.0. The Morgan fingerprint density at radius 3 is 0.973 bits per heavy atom. The maximum Gasteiger partial charge on any atom is 0.305 e. The Bertz CT molecular complexity index is 1100. The molecule has 3 N–H and O–H groups in total. The largest absolute Gasteiger partial charge is 0.466 e. The molecule has 0 spiro atoms. The van der Waals surface area contributed by atoms with E-state index in [4.69, 9.17) is 4.74 Å². The van der Waals surface area contributed by atoms with Gasteiger partial charge in [-0.05, 0) is 51.4 Å². The molecule has 0 fully saturated rings. The van der Waals surface area contributed by atoms with Crippen LogP contribution in [0.15, 0.2) is 12.2 Å². The van der Waals surface area contributed by atoms with Gasteiger partial charge in [-0.1, -0.05) is 328 Å². The number of amides is 1. The van der Waals surface area contributed by atoms with Crippen LogP contribution in [0.2, 0.25) is 0 Å². The summed E-state index contributed by atoms with van der Waals surface area (Å²) in [7, 11) is 0. The summed E-state index contributed by atoms with van der Waals surface area (Å²) in [4.78, 5) is 24.6. The third kappa shape index (κ3) is 59.7. The summed E-state index contributed by atoms with van der Waals surface area (Å²) in [5.74, 6) is -0.0285. The Kier molecular flexibility index (Phi) is 61.9. The third-order valence-corrected chi connectivity index (χ3v) is 15.8. The maximum absolute atomic E-state index is 12.5. The second-order valence-corrected chi connectivity index (χ2v) is 23.2. The van der Waals surface area contributed by atoms with E-state index in [1.54, 1.807) is 0 Å². The van der Waals surface area contributed by atoms with Gasteiger partial charge < -0.3 is 20.3 Å². The Morgan fingerprint density at radius 1 is 0.370 bits per heavy atom. The van der Waals surface area contributed by atoms with Crippen LogP contribution in [0.1, 0.15) is 380 Å². The third-order valence-electron chi connectivity index (χ3n) is 15.8. The number of nitrogens with one attached hydrogen (secondary N) is 1. The Labute approximate surface area is 457 Å². The normalized spacial score (nSPS) is 12.5. The number of carbonyl (C=O) groups excluding carboxylic acids is 2. The molecule has 0 aliphatic carbocycles. The van der Waals surface area contributed by atoms with Crippen LogP contribution < -0.4 is 5.32 Å². The van der Waals surface area contributed by atoms with E-state index in [1.807, 2.05) is 0 Å². The molecule has 0 aromatic carbocycles. The van der Waals surface area contributed by atoms with Crippen molar-refractivity contribution in [3.8, 4) is 0 Å². The van der Waals surface area contributed by atoms with E-state index < -0.39 is 12.1 Å². The summed E-state index contributed by atoms with van der Waals surface area (Å²) in [5.41, 5.74) is 0. The van der Waals surface area contributed by atoms with Crippen LogP contribution in [0.25, 0.3) is 0 Å². The van der Waals surface area contributed by atoms with Gasteiger partial charge in [-0.3, -0.25) is 9.59 Å². The number of carbonyl (C=O) groups is 2.